The molecule has 0 aliphatic carbocycles. The van der Waals surface area contributed by atoms with Crippen molar-refractivity contribution in [2.45, 2.75) is 32.0 Å². The predicted octanol–water partition coefficient (Wildman–Crippen LogP) is 1.23. The first-order valence-corrected chi connectivity index (χ1v) is 6.42. The van der Waals surface area contributed by atoms with Gasteiger partial charge in [-0.15, -0.1) is 0 Å². The second-order valence-corrected chi connectivity index (χ2v) is 4.96. The van der Waals surface area contributed by atoms with Gasteiger partial charge in [0, 0.05) is 32.2 Å². The Kier molecular flexibility index (Phi) is 4.54. The molecule has 17 heavy (non-hydrogen) atoms. The van der Waals surface area contributed by atoms with Gasteiger partial charge in [-0.25, -0.2) is 0 Å². The molecule has 1 aromatic carbocycles. The van der Waals surface area contributed by atoms with Crippen LogP contribution in [0.4, 0.5) is 0 Å². The Labute approximate surface area is 103 Å². The van der Waals surface area contributed by atoms with E-state index in [1.807, 2.05) is 6.92 Å². The number of rotatable bonds is 5. The first-order chi connectivity index (χ1) is 8.24. The largest absolute Gasteiger partial charge is 0.392 e. The Hall–Kier alpha value is -0.900. The summed E-state index contributed by atoms with van der Waals surface area (Å²) in [5.74, 6) is 0. The monoisotopic (exact) mass is 234 g/mol. The molecule has 1 aliphatic heterocycles. The zero-order valence-corrected chi connectivity index (χ0v) is 10.5. The standard InChI is InChI=1S/C14H22N2O/c1-12(17)9-15-14-7-8-16(11-14)10-13-5-3-2-4-6-13/h2-6,12,14-15,17H,7-11H2,1H3. The summed E-state index contributed by atoms with van der Waals surface area (Å²) in [6.07, 6.45) is 0.928. The molecule has 0 radical (unpaired) electrons. The van der Waals surface area contributed by atoms with Gasteiger partial charge in [0.15, 0.2) is 0 Å². The molecule has 3 heteroatoms. The molecule has 1 saturated heterocycles. The summed E-state index contributed by atoms with van der Waals surface area (Å²) >= 11 is 0. The molecule has 0 bridgehead atoms. The summed E-state index contributed by atoms with van der Waals surface area (Å²) in [6, 6.07) is 11.1. The second kappa shape index (κ2) is 6.15. The minimum Gasteiger partial charge on any atom is -0.392 e. The summed E-state index contributed by atoms with van der Waals surface area (Å²) < 4.78 is 0. The average Bonchev–Trinajstić information content (AvgIpc) is 2.75. The van der Waals surface area contributed by atoms with Crippen molar-refractivity contribution >= 4 is 0 Å². The molecule has 1 aromatic rings. The van der Waals surface area contributed by atoms with E-state index in [0.717, 1.165) is 19.6 Å². The van der Waals surface area contributed by atoms with Crippen molar-refractivity contribution in [1.82, 2.24) is 10.2 Å². The molecule has 2 N–H and O–H groups in total. The van der Waals surface area contributed by atoms with Crippen LogP contribution in [0.1, 0.15) is 18.9 Å². The first kappa shape index (κ1) is 12.6. The lowest BCUT2D eigenvalue weighted by Crippen LogP contribution is -2.36. The molecule has 1 aliphatic rings. The third-order valence-electron chi connectivity index (χ3n) is 3.22. The van der Waals surface area contributed by atoms with Crippen molar-refractivity contribution in [1.29, 1.82) is 0 Å². The molecule has 2 rings (SSSR count). The molecule has 2 atom stereocenters. The van der Waals surface area contributed by atoms with E-state index in [1.54, 1.807) is 0 Å². The Balaban J connectivity index is 1.74. The summed E-state index contributed by atoms with van der Waals surface area (Å²) in [6.45, 7) is 5.79. The number of nitrogens with one attached hydrogen (secondary N) is 1. The molecule has 0 spiro atoms. The molecule has 1 heterocycles. The van der Waals surface area contributed by atoms with E-state index in [-0.39, 0.29) is 6.10 Å². The van der Waals surface area contributed by atoms with Gasteiger partial charge in [0.2, 0.25) is 0 Å². The van der Waals surface area contributed by atoms with Crippen LogP contribution in [0.15, 0.2) is 30.3 Å². The van der Waals surface area contributed by atoms with E-state index in [9.17, 15) is 5.11 Å². The van der Waals surface area contributed by atoms with Gasteiger partial charge >= 0.3 is 0 Å². The minimum atomic E-state index is -0.252. The Bertz CT molecular complexity index is 326. The zero-order chi connectivity index (χ0) is 12.1. The van der Waals surface area contributed by atoms with Crippen LogP contribution >= 0.6 is 0 Å². The quantitative estimate of drug-likeness (QED) is 0.804. The normalized spacial score (nSPS) is 22.8. The maximum absolute atomic E-state index is 9.24. The van der Waals surface area contributed by atoms with Crippen LogP contribution in [0.5, 0.6) is 0 Å². The van der Waals surface area contributed by atoms with Crippen molar-refractivity contribution in [3.05, 3.63) is 35.9 Å². The highest BCUT2D eigenvalue weighted by atomic mass is 16.3. The summed E-state index contributed by atoms with van der Waals surface area (Å²) in [5, 5.41) is 12.6. The number of aliphatic hydroxyl groups excluding tert-OH is 1. The third-order valence-corrected chi connectivity index (χ3v) is 3.22. The fourth-order valence-electron chi connectivity index (χ4n) is 2.32. The molecule has 3 nitrogen and oxygen atoms in total. The lowest BCUT2D eigenvalue weighted by atomic mass is 10.2. The highest BCUT2D eigenvalue weighted by Gasteiger charge is 2.21. The van der Waals surface area contributed by atoms with Crippen LogP contribution in [0.25, 0.3) is 0 Å². The van der Waals surface area contributed by atoms with Crippen molar-refractivity contribution in [2.75, 3.05) is 19.6 Å². The van der Waals surface area contributed by atoms with Crippen molar-refractivity contribution in [2.24, 2.45) is 0 Å². The fourth-order valence-corrected chi connectivity index (χ4v) is 2.32. The molecular formula is C14H22N2O. The maximum atomic E-state index is 9.24. The predicted molar refractivity (Wildman–Crippen MR) is 69.8 cm³/mol. The van der Waals surface area contributed by atoms with Crippen molar-refractivity contribution < 1.29 is 5.11 Å². The SMILES string of the molecule is CC(O)CNC1CCN(Cc2ccccc2)C1. The van der Waals surface area contributed by atoms with Crippen LogP contribution in [0.2, 0.25) is 0 Å². The van der Waals surface area contributed by atoms with Gasteiger partial charge in [0.05, 0.1) is 6.10 Å². The summed E-state index contributed by atoms with van der Waals surface area (Å²) in [7, 11) is 0. The van der Waals surface area contributed by atoms with Gasteiger partial charge in [-0.3, -0.25) is 4.90 Å². The van der Waals surface area contributed by atoms with Crippen molar-refractivity contribution in [3.8, 4) is 0 Å². The molecule has 0 amide bonds. The zero-order valence-electron chi connectivity index (χ0n) is 10.5. The van der Waals surface area contributed by atoms with E-state index >= 15 is 0 Å². The second-order valence-electron chi connectivity index (χ2n) is 4.96. The van der Waals surface area contributed by atoms with E-state index < -0.39 is 0 Å². The Morgan fingerprint density at radius 1 is 1.41 bits per heavy atom. The lowest BCUT2D eigenvalue weighted by molar-refractivity contribution is 0.185. The van der Waals surface area contributed by atoms with Gasteiger partial charge in [0.25, 0.3) is 0 Å². The number of nitrogens with zero attached hydrogens (tertiary/aromatic N) is 1. The van der Waals surface area contributed by atoms with E-state index in [4.69, 9.17) is 0 Å². The van der Waals surface area contributed by atoms with Gasteiger partial charge < -0.3 is 10.4 Å². The van der Waals surface area contributed by atoms with Crippen LogP contribution < -0.4 is 5.32 Å². The third kappa shape index (κ3) is 4.11. The lowest BCUT2D eigenvalue weighted by Gasteiger charge is -2.17. The van der Waals surface area contributed by atoms with Crippen LogP contribution in [0.3, 0.4) is 0 Å². The van der Waals surface area contributed by atoms with E-state index in [2.05, 4.69) is 40.5 Å². The van der Waals surface area contributed by atoms with Crippen molar-refractivity contribution in [3.63, 3.8) is 0 Å². The summed E-state index contributed by atoms with van der Waals surface area (Å²) in [4.78, 5) is 2.47. The van der Waals surface area contributed by atoms with E-state index in [1.165, 1.54) is 12.0 Å². The maximum Gasteiger partial charge on any atom is 0.0636 e. The Morgan fingerprint density at radius 3 is 2.88 bits per heavy atom. The number of aliphatic hydroxyl groups is 1. The first-order valence-electron chi connectivity index (χ1n) is 6.42. The fraction of sp³-hybridized carbons (Fsp3) is 0.571. The van der Waals surface area contributed by atoms with Gasteiger partial charge in [0.1, 0.15) is 0 Å². The highest BCUT2D eigenvalue weighted by Crippen LogP contribution is 2.13. The number of hydrogen-bond acceptors (Lipinski definition) is 3. The van der Waals surface area contributed by atoms with Gasteiger partial charge in [-0.1, -0.05) is 30.3 Å². The van der Waals surface area contributed by atoms with E-state index in [0.29, 0.717) is 12.6 Å². The van der Waals surface area contributed by atoms with Crippen LogP contribution in [-0.2, 0) is 6.54 Å². The smallest absolute Gasteiger partial charge is 0.0636 e. The molecule has 1 fully saturated rings. The van der Waals surface area contributed by atoms with Crippen LogP contribution in [-0.4, -0.2) is 41.8 Å². The topological polar surface area (TPSA) is 35.5 Å². The molecule has 0 saturated carbocycles. The van der Waals surface area contributed by atoms with Gasteiger partial charge in [-0.2, -0.15) is 0 Å². The number of hydrogen-bond donors (Lipinski definition) is 2. The number of likely N-dealkylation sites (tertiary alicyclic amines) is 1. The molecule has 0 aromatic heterocycles. The molecular weight excluding hydrogens is 212 g/mol. The average molecular weight is 234 g/mol. The molecule has 2 unspecified atom stereocenters. The molecule has 94 valence electrons. The van der Waals surface area contributed by atoms with Gasteiger partial charge in [-0.05, 0) is 18.9 Å². The Morgan fingerprint density at radius 2 is 2.18 bits per heavy atom. The summed E-state index contributed by atoms with van der Waals surface area (Å²) in [5.41, 5.74) is 1.38. The minimum absolute atomic E-state index is 0.252. The van der Waals surface area contributed by atoms with Crippen LogP contribution in [0, 0.1) is 0 Å². The number of benzene rings is 1. The highest BCUT2D eigenvalue weighted by molar-refractivity contribution is 5.14.